The molecule has 1 heterocycles. The highest BCUT2D eigenvalue weighted by atomic mass is 15.2. The molecule has 1 nitrogen and oxygen atoms in total. The van der Waals surface area contributed by atoms with E-state index in [-0.39, 0.29) is 0 Å². The third-order valence-corrected chi connectivity index (χ3v) is 3.75. The maximum Gasteiger partial charge on any atom is 0.0344 e. The fraction of sp³-hybridized carbons (Fsp3) is 0.765. The molecule has 0 aromatic carbocycles. The molecule has 1 aliphatic heterocycles. The Morgan fingerprint density at radius 2 is 2.06 bits per heavy atom. The molecule has 0 spiro atoms. The van der Waals surface area contributed by atoms with Crippen LogP contribution < -0.4 is 0 Å². The summed E-state index contributed by atoms with van der Waals surface area (Å²) >= 11 is 0. The Labute approximate surface area is 114 Å². The predicted molar refractivity (Wildman–Crippen MR) is 81.9 cm³/mol. The van der Waals surface area contributed by atoms with Gasteiger partial charge < -0.3 is 0 Å². The van der Waals surface area contributed by atoms with E-state index in [0.29, 0.717) is 6.04 Å². The second-order valence-corrected chi connectivity index (χ2v) is 5.38. The van der Waals surface area contributed by atoms with Gasteiger partial charge in [0.15, 0.2) is 0 Å². The number of unbranched alkanes of at least 4 members (excludes halogenated alkanes) is 2. The number of allylic oxidation sites excluding steroid dienone is 1. The Morgan fingerprint density at radius 1 is 1.22 bits per heavy atom. The molecule has 0 aliphatic carbocycles. The van der Waals surface area contributed by atoms with Crippen LogP contribution in [0, 0.1) is 0 Å². The van der Waals surface area contributed by atoms with Crippen LogP contribution in [0.1, 0.15) is 65.7 Å². The lowest BCUT2D eigenvalue weighted by Gasteiger charge is -2.31. The van der Waals surface area contributed by atoms with E-state index in [2.05, 4.69) is 43.9 Å². The average molecular weight is 249 g/mol. The van der Waals surface area contributed by atoms with Crippen LogP contribution in [0.3, 0.4) is 0 Å². The Balaban J connectivity index is 2.76. The summed E-state index contributed by atoms with van der Waals surface area (Å²) < 4.78 is 0. The molecule has 1 rings (SSSR count). The van der Waals surface area contributed by atoms with Crippen LogP contribution in [0.5, 0.6) is 0 Å². The number of nitrogens with zero attached hydrogens (tertiary/aromatic N) is 1. The van der Waals surface area contributed by atoms with Gasteiger partial charge in [0.05, 0.1) is 0 Å². The second kappa shape index (κ2) is 9.38. The van der Waals surface area contributed by atoms with E-state index in [1.807, 2.05) is 0 Å². The Morgan fingerprint density at radius 3 is 2.72 bits per heavy atom. The zero-order valence-corrected chi connectivity index (χ0v) is 12.6. The first-order chi connectivity index (χ1) is 8.83. The van der Waals surface area contributed by atoms with Crippen molar-refractivity contribution in [1.29, 1.82) is 0 Å². The molecule has 0 fully saturated rings. The molecule has 0 saturated heterocycles. The van der Waals surface area contributed by atoms with Crippen molar-refractivity contribution in [2.75, 3.05) is 13.1 Å². The third kappa shape index (κ3) is 4.97. The van der Waals surface area contributed by atoms with Crippen LogP contribution in [0.4, 0.5) is 0 Å². The number of hydrogen-bond donors (Lipinski definition) is 0. The molecular weight excluding hydrogens is 218 g/mol. The molecule has 0 aromatic rings. The molecular formula is C17H31N. The Bertz CT molecular complexity index is 265. The van der Waals surface area contributed by atoms with Crippen LogP contribution in [0.25, 0.3) is 0 Å². The highest BCUT2D eigenvalue weighted by molar-refractivity contribution is 5.26. The van der Waals surface area contributed by atoms with Crippen LogP contribution >= 0.6 is 0 Å². The summed E-state index contributed by atoms with van der Waals surface area (Å²) in [5, 5.41) is 0. The Hall–Kier alpha value is -0.560. The summed E-state index contributed by atoms with van der Waals surface area (Å²) in [6, 6.07) is 0.673. The molecule has 1 atom stereocenters. The molecule has 104 valence electrons. The standard InChI is InChI=1S/C17H31N/c1-4-7-12-16-13-9-10-15-18(14-8-5-2)17(16)11-6-3/h9,12-13,17H,4-8,10-11,14-15H2,1-3H3/b16-12+. The minimum atomic E-state index is 0.673. The van der Waals surface area contributed by atoms with Gasteiger partial charge in [0, 0.05) is 12.6 Å². The molecule has 0 bridgehead atoms. The van der Waals surface area contributed by atoms with Crippen LogP contribution in [-0.2, 0) is 0 Å². The van der Waals surface area contributed by atoms with Gasteiger partial charge in [0.2, 0.25) is 0 Å². The predicted octanol–water partition coefficient (Wildman–Crippen LogP) is 4.94. The zero-order chi connectivity index (χ0) is 13.2. The smallest absolute Gasteiger partial charge is 0.0344 e. The van der Waals surface area contributed by atoms with E-state index >= 15 is 0 Å². The molecule has 0 N–H and O–H groups in total. The first-order valence-electron chi connectivity index (χ1n) is 7.94. The van der Waals surface area contributed by atoms with Gasteiger partial charge in [-0.1, -0.05) is 58.3 Å². The van der Waals surface area contributed by atoms with Crippen LogP contribution in [0.15, 0.2) is 23.8 Å². The van der Waals surface area contributed by atoms with Gasteiger partial charge in [0.25, 0.3) is 0 Å². The van der Waals surface area contributed by atoms with Gasteiger partial charge in [-0.05, 0) is 37.8 Å². The first kappa shape index (κ1) is 15.5. The molecule has 18 heavy (non-hydrogen) atoms. The van der Waals surface area contributed by atoms with E-state index in [9.17, 15) is 0 Å². The molecule has 1 aliphatic rings. The van der Waals surface area contributed by atoms with E-state index in [1.165, 1.54) is 58.0 Å². The first-order valence-corrected chi connectivity index (χ1v) is 7.94. The normalized spacial score (nSPS) is 23.5. The minimum Gasteiger partial charge on any atom is -0.296 e. The van der Waals surface area contributed by atoms with E-state index in [1.54, 1.807) is 5.57 Å². The van der Waals surface area contributed by atoms with Gasteiger partial charge in [0.1, 0.15) is 0 Å². The van der Waals surface area contributed by atoms with Crippen molar-refractivity contribution in [1.82, 2.24) is 4.90 Å². The molecule has 0 radical (unpaired) electrons. The Kier molecular flexibility index (Phi) is 8.08. The van der Waals surface area contributed by atoms with Gasteiger partial charge in [-0.3, -0.25) is 4.90 Å². The zero-order valence-electron chi connectivity index (χ0n) is 12.6. The molecule has 0 aromatic heterocycles. The van der Waals surface area contributed by atoms with Crippen molar-refractivity contribution in [2.45, 2.75) is 71.8 Å². The van der Waals surface area contributed by atoms with Gasteiger partial charge in [-0.25, -0.2) is 0 Å². The lowest BCUT2D eigenvalue weighted by atomic mass is 9.99. The van der Waals surface area contributed by atoms with E-state index in [4.69, 9.17) is 0 Å². The fourth-order valence-corrected chi connectivity index (χ4v) is 2.70. The highest BCUT2D eigenvalue weighted by Gasteiger charge is 2.21. The number of rotatable bonds is 7. The maximum atomic E-state index is 2.72. The fourth-order valence-electron chi connectivity index (χ4n) is 2.70. The van der Waals surface area contributed by atoms with Gasteiger partial charge in [-0.2, -0.15) is 0 Å². The van der Waals surface area contributed by atoms with Crippen LogP contribution in [-0.4, -0.2) is 24.0 Å². The van der Waals surface area contributed by atoms with Crippen LogP contribution in [0.2, 0.25) is 0 Å². The summed E-state index contributed by atoms with van der Waals surface area (Å²) in [6.07, 6.45) is 16.2. The van der Waals surface area contributed by atoms with Crippen molar-refractivity contribution in [3.05, 3.63) is 23.8 Å². The third-order valence-electron chi connectivity index (χ3n) is 3.75. The summed E-state index contributed by atoms with van der Waals surface area (Å²) in [5.41, 5.74) is 1.58. The van der Waals surface area contributed by atoms with Gasteiger partial charge in [-0.15, -0.1) is 0 Å². The van der Waals surface area contributed by atoms with E-state index < -0.39 is 0 Å². The molecule has 0 amide bonds. The van der Waals surface area contributed by atoms with Crippen molar-refractivity contribution in [3.63, 3.8) is 0 Å². The maximum absolute atomic E-state index is 2.72. The second-order valence-electron chi connectivity index (χ2n) is 5.38. The lowest BCUT2D eigenvalue weighted by molar-refractivity contribution is 0.216. The monoisotopic (exact) mass is 249 g/mol. The van der Waals surface area contributed by atoms with Crippen molar-refractivity contribution >= 4 is 0 Å². The molecule has 1 unspecified atom stereocenters. The quantitative estimate of drug-likeness (QED) is 0.617. The lowest BCUT2D eigenvalue weighted by Crippen LogP contribution is -2.37. The topological polar surface area (TPSA) is 3.24 Å². The minimum absolute atomic E-state index is 0.673. The summed E-state index contributed by atoms with van der Waals surface area (Å²) in [4.78, 5) is 2.72. The molecule has 0 saturated carbocycles. The SMILES string of the molecule is CCC/C=C1\C=CCCN(CCCC)C1CCC. The van der Waals surface area contributed by atoms with Crippen molar-refractivity contribution in [2.24, 2.45) is 0 Å². The highest BCUT2D eigenvalue weighted by Crippen LogP contribution is 2.22. The molecule has 1 heteroatoms. The summed E-state index contributed by atoms with van der Waals surface area (Å²) in [6.45, 7) is 9.38. The largest absolute Gasteiger partial charge is 0.296 e. The average Bonchev–Trinajstić information content (AvgIpc) is 2.57. The number of hydrogen-bond acceptors (Lipinski definition) is 1. The van der Waals surface area contributed by atoms with Crippen molar-refractivity contribution in [3.8, 4) is 0 Å². The summed E-state index contributed by atoms with van der Waals surface area (Å²) in [7, 11) is 0. The van der Waals surface area contributed by atoms with Crippen molar-refractivity contribution < 1.29 is 0 Å². The van der Waals surface area contributed by atoms with Gasteiger partial charge >= 0.3 is 0 Å². The summed E-state index contributed by atoms with van der Waals surface area (Å²) in [5.74, 6) is 0. The van der Waals surface area contributed by atoms with E-state index in [0.717, 1.165) is 0 Å².